The smallest absolute Gasteiger partial charge is 0.240 e. The highest BCUT2D eigenvalue weighted by atomic mass is 32.1. The van der Waals surface area contributed by atoms with Crippen LogP contribution in [0.5, 0.6) is 11.5 Å². The van der Waals surface area contributed by atoms with Crippen molar-refractivity contribution >= 4 is 17.2 Å². The van der Waals surface area contributed by atoms with E-state index in [1.165, 1.54) is 11.3 Å². The highest BCUT2D eigenvalue weighted by molar-refractivity contribution is 7.13. The van der Waals surface area contributed by atoms with Crippen LogP contribution in [-0.4, -0.2) is 25.7 Å². The highest BCUT2D eigenvalue weighted by Crippen LogP contribution is 2.29. The van der Waals surface area contributed by atoms with Crippen LogP contribution in [0, 0.1) is 11.3 Å². The minimum atomic E-state index is 0.260. The average Bonchev–Trinajstić information content (AvgIpc) is 3.31. The first-order valence-corrected chi connectivity index (χ1v) is 8.52. The summed E-state index contributed by atoms with van der Waals surface area (Å²) in [6.45, 7) is 0.600. The van der Waals surface area contributed by atoms with Gasteiger partial charge < -0.3 is 19.2 Å². The molecule has 0 radical (unpaired) electrons. The molecule has 0 fully saturated rings. The highest BCUT2D eigenvalue weighted by Gasteiger charge is 2.14. The number of rotatable bonds is 7. The van der Waals surface area contributed by atoms with E-state index in [9.17, 15) is 5.26 Å². The molecular formula is C18H17N3O3S. The number of benzene rings is 1. The van der Waals surface area contributed by atoms with Crippen molar-refractivity contribution in [3.8, 4) is 28.3 Å². The normalized spacial score (nSPS) is 10.3. The Morgan fingerprint density at radius 2 is 2.08 bits per heavy atom. The van der Waals surface area contributed by atoms with Crippen molar-refractivity contribution in [1.82, 2.24) is 4.98 Å². The van der Waals surface area contributed by atoms with Gasteiger partial charge in [0.25, 0.3) is 0 Å². The zero-order chi connectivity index (χ0) is 17.6. The van der Waals surface area contributed by atoms with Crippen LogP contribution in [0.2, 0.25) is 0 Å². The Kier molecular flexibility index (Phi) is 5.21. The number of anilines is 1. The molecule has 0 amide bonds. The van der Waals surface area contributed by atoms with Gasteiger partial charge in [0.2, 0.25) is 17.5 Å². The number of nitriles is 1. The predicted octanol–water partition coefficient (Wildman–Crippen LogP) is 3.95. The van der Waals surface area contributed by atoms with E-state index in [1.807, 2.05) is 35.7 Å². The topological polar surface area (TPSA) is 80.3 Å². The molecule has 0 aliphatic rings. The summed E-state index contributed by atoms with van der Waals surface area (Å²) in [4.78, 5) is 5.12. The fourth-order valence-electron chi connectivity index (χ4n) is 2.38. The summed E-state index contributed by atoms with van der Waals surface area (Å²) in [7, 11) is 3.22. The first kappa shape index (κ1) is 16.9. The number of oxazole rings is 1. The summed E-state index contributed by atoms with van der Waals surface area (Å²) in [5.74, 6) is 2.24. The average molecular weight is 355 g/mol. The SMILES string of the molecule is COc1ccc(CCNc2oc(-c3cccs3)nc2C#N)cc1OC. The molecule has 3 aromatic rings. The molecule has 0 bridgehead atoms. The summed E-state index contributed by atoms with van der Waals surface area (Å²) >= 11 is 1.52. The van der Waals surface area contributed by atoms with Crippen molar-refractivity contribution in [3.05, 3.63) is 47.0 Å². The minimum absolute atomic E-state index is 0.260. The van der Waals surface area contributed by atoms with Crippen LogP contribution < -0.4 is 14.8 Å². The molecule has 7 heteroatoms. The maximum absolute atomic E-state index is 9.23. The molecule has 1 N–H and O–H groups in total. The maximum atomic E-state index is 9.23. The summed E-state index contributed by atoms with van der Waals surface area (Å²) in [6, 6.07) is 11.7. The Labute approximate surface area is 149 Å². The Balaban J connectivity index is 1.67. The maximum Gasteiger partial charge on any atom is 0.240 e. The van der Waals surface area contributed by atoms with Crippen LogP contribution in [0.1, 0.15) is 11.3 Å². The third kappa shape index (κ3) is 3.75. The Hall–Kier alpha value is -2.98. The number of methoxy groups -OCH3 is 2. The van der Waals surface area contributed by atoms with Gasteiger partial charge in [0, 0.05) is 6.54 Å². The van der Waals surface area contributed by atoms with Crippen LogP contribution in [-0.2, 0) is 6.42 Å². The van der Waals surface area contributed by atoms with Gasteiger partial charge in [-0.25, -0.2) is 0 Å². The molecule has 0 saturated heterocycles. The number of aromatic nitrogens is 1. The molecule has 6 nitrogen and oxygen atoms in total. The van der Waals surface area contributed by atoms with E-state index in [4.69, 9.17) is 13.9 Å². The molecule has 0 saturated carbocycles. The molecule has 2 heterocycles. The van der Waals surface area contributed by atoms with Crippen LogP contribution in [0.4, 0.5) is 5.88 Å². The van der Waals surface area contributed by atoms with Crippen LogP contribution >= 0.6 is 11.3 Å². The molecule has 0 aliphatic heterocycles. The number of hydrogen-bond donors (Lipinski definition) is 1. The molecular weight excluding hydrogens is 338 g/mol. The largest absolute Gasteiger partial charge is 0.493 e. The minimum Gasteiger partial charge on any atom is -0.493 e. The molecule has 0 spiro atoms. The molecule has 0 atom stereocenters. The lowest BCUT2D eigenvalue weighted by Crippen LogP contribution is -2.05. The number of ether oxygens (including phenoxy) is 2. The lowest BCUT2D eigenvalue weighted by molar-refractivity contribution is 0.354. The van der Waals surface area contributed by atoms with Gasteiger partial charge in [-0.15, -0.1) is 11.3 Å². The Morgan fingerprint density at radius 3 is 2.76 bits per heavy atom. The van der Waals surface area contributed by atoms with Gasteiger partial charge >= 0.3 is 0 Å². The third-order valence-electron chi connectivity index (χ3n) is 3.61. The second kappa shape index (κ2) is 7.73. The second-order valence-electron chi connectivity index (χ2n) is 5.15. The lowest BCUT2D eigenvalue weighted by Gasteiger charge is -2.09. The van der Waals surface area contributed by atoms with Gasteiger partial charge in [-0.1, -0.05) is 12.1 Å². The van der Waals surface area contributed by atoms with E-state index in [-0.39, 0.29) is 5.69 Å². The van der Waals surface area contributed by atoms with E-state index >= 15 is 0 Å². The molecule has 128 valence electrons. The molecule has 0 aliphatic carbocycles. The Morgan fingerprint density at radius 1 is 1.24 bits per heavy atom. The van der Waals surface area contributed by atoms with Gasteiger partial charge in [0.05, 0.1) is 19.1 Å². The summed E-state index contributed by atoms with van der Waals surface area (Å²) < 4.78 is 16.2. The zero-order valence-electron chi connectivity index (χ0n) is 13.9. The molecule has 25 heavy (non-hydrogen) atoms. The number of thiophene rings is 1. The van der Waals surface area contributed by atoms with Crippen molar-refractivity contribution in [1.29, 1.82) is 5.26 Å². The number of hydrogen-bond acceptors (Lipinski definition) is 7. The van der Waals surface area contributed by atoms with Crippen LogP contribution in [0.15, 0.2) is 40.1 Å². The van der Waals surface area contributed by atoms with Crippen molar-refractivity contribution in [2.24, 2.45) is 0 Å². The van der Waals surface area contributed by atoms with E-state index in [0.717, 1.165) is 16.9 Å². The van der Waals surface area contributed by atoms with Gasteiger partial charge in [0.1, 0.15) is 6.07 Å². The monoisotopic (exact) mass is 355 g/mol. The summed E-state index contributed by atoms with van der Waals surface area (Å²) in [5, 5.41) is 14.3. The summed E-state index contributed by atoms with van der Waals surface area (Å²) in [5.41, 5.74) is 1.34. The molecule has 2 aromatic heterocycles. The quantitative estimate of drug-likeness (QED) is 0.691. The van der Waals surface area contributed by atoms with Gasteiger partial charge in [-0.2, -0.15) is 10.2 Å². The Bertz CT molecular complexity index is 882. The van der Waals surface area contributed by atoms with E-state index < -0.39 is 0 Å². The van der Waals surface area contributed by atoms with E-state index in [0.29, 0.717) is 29.8 Å². The fraction of sp³-hybridized carbons (Fsp3) is 0.222. The van der Waals surface area contributed by atoms with Gasteiger partial charge in [-0.3, -0.25) is 0 Å². The van der Waals surface area contributed by atoms with Crippen molar-refractivity contribution in [2.75, 3.05) is 26.1 Å². The van der Waals surface area contributed by atoms with Crippen molar-refractivity contribution < 1.29 is 13.9 Å². The zero-order valence-corrected chi connectivity index (χ0v) is 14.7. The number of nitrogens with one attached hydrogen (secondary N) is 1. The van der Waals surface area contributed by atoms with Crippen molar-refractivity contribution in [2.45, 2.75) is 6.42 Å². The lowest BCUT2D eigenvalue weighted by atomic mass is 10.1. The fourth-order valence-corrected chi connectivity index (χ4v) is 3.03. The predicted molar refractivity (Wildman–Crippen MR) is 96.3 cm³/mol. The van der Waals surface area contributed by atoms with Crippen LogP contribution in [0.3, 0.4) is 0 Å². The number of nitrogens with zero attached hydrogens (tertiary/aromatic N) is 2. The van der Waals surface area contributed by atoms with E-state index in [1.54, 1.807) is 14.2 Å². The third-order valence-corrected chi connectivity index (χ3v) is 4.47. The molecule has 1 aromatic carbocycles. The molecule has 0 unspecified atom stereocenters. The van der Waals surface area contributed by atoms with Gasteiger partial charge in [-0.05, 0) is 35.6 Å². The second-order valence-corrected chi connectivity index (χ2v) is 6.10. The first-order valence-electron chi connectivity index (χ1n) is 7.64. The van der Waals surface area contributed by atoms with E-state index in [2.05, 4.69) is 16.4 Å². The first-order chi connectivity index (χ1) is 12.2. The molecule has 3 rings (SSSR count). The standard InChI is InChI=1S/C18H17N3O3S/c1-22-14-6-5-12(10-15(14)23-2)7-8-20-17-13(11-19)21-18(24-17)16-4-3-9-25-16/h3-6,9-10,20H,7-8H2,1-2H3. The summed E-state index contributed by atoms with van der Waals surface area (Å²) in [6.07, 6.45) is 0.736. The van der Waals surface area contributed by atoms with Crippen molar-refractivity contribution in [3.63, 3.8) is 0 Å². The van der Waals surface area contributed by atoms with Gasteiger partial charge in [0.15, 0.2) is 11.5 Å². The van der Waals surface area contributed by atoms with Crippen LogP contribution in [0.25, 0.3) is 10.8 Å².